The molecule has 29 heavy (non-hydrogen) atoms. The Balaban J connectivity index is 1.55. The van der Waals surface area contributed by atoms with E-state index in [4.69, 9.17) is 44.0 Å². The van der Waals surface area contributed by atoms with Crippen molar-refractivity contribution in [2.45, 2.75) is 25.2 Å². The van der Waals surface area contributed by atoms with Gasteiger partial charge in [-0.15, -0.1) is 10.2 Å². The molecular formula is C19H16Cl3N3O3S. The first-order valence-electron chi connectivity index (χ1n) is 8.45. The van der Waals surface area contributed by atoms with E-state index in [0.29, 0.717) is 26.5 Å². The SMILES string of the molecule is Cc1ccc(Cl)cc1NC(=O)CSc1nnc([C@@H](C)Oc2ccc(Cl)cc2Cl)o1. The summed E-state index contributed by atoms with van der Waals surface area (Å²) in [4.78, 5) is 12.2. The van der Waals surface area contributed by atoms with Crippen LogP contribution in [0, 0.1) is 6.92 Å². The third-order valence-corrected chi connectivity index (χ3v) is 5.35. The molecule has 6 nitrogen and oxygen atoms in total. The Morgan fingerprint density at radius 3 is 2.66 bits per heavy atom. The summed E-state index contributed by atoms with van der Waals surface area (Å²) in [6.45, 7) is 3.64. The van der Waals surface area contributed by atoms with Gasteiger partial charge in [-0.3, -0.25) is 4.79 Å². The number of aryl methyl sites for hydroxylation is 1. The molecule has 0 fully saturated rings. The largest absolute Gasteiger partial charge is 0.479 e. The highest BCUT2D eigenvalue weighted by Crippen LogP contribution is 2.31. The number of anilines is 1. The van der Waals surface area contributed by atoms with E-state index in [2.05, 4.69) is 15.5 Å². The van der Waals surface area contributed by atoms with Gasteiger partial charge < -0.3 is 14.5 Å². The number of amides is 1. The molecule has 1 atom stereocenters. The van der Waals surface area contributed by atoms with Gasteiger partial charge in [-0.2, -0.15) is 0 Å². The summed E-state index contributed by atoms with van der Waals surface area (Å²) >= 11 is 19.1. The second kappa shape index (κ2) is 9.71. The van der Waals surface area contributed by atoms with Crippen molar-refractivity contribution in [3.63, 3.8) is 0 Å². The lowest BCUT2D eigenvalue weighted by atomic mass is 10.2. The Kier molecular flexibility index (Phi) is 7.29. The molecule has 0 aliphatic rings. The van der Waals surface area contributed by atoms with Gasteiger partial charge in [-0.1, -0.05) is 52.6 Å². The van der Waals surface area contributed by atoms with Gasteiger partial charge in [0.15, 0.2) is 6.10 Å². The van der Waals surface area contributed by atoms with E-state index in [9.17, 15) is 4.79 Å². The topological polar surface area (TPSA) is 77.2 Å². The molecule has 10 heteroatoms. The van der Waals surface area contributed by atoms with Crippen LogP contribution in [0.4, 0.5) is 5.69 Å². The normalized spacial score (nSPS) is 11.9. The number of nitrogens with zero attached hydrogens (tertiary/aromatic N) is 2. The number of carbonyl (C=O) groups excluding carboxylic acids is 1. The van der Waals surface area contributed by atoms with Gasteiger partial charge in [0, 0.05) is 15.7 Å². The molecule has 0 unspecified atom stereocenters. The minimum absolute atomic E-state index is 0.103. The lowest BCUT2D eigenvalue weighted by Gasteiger charge is -2.12. The predicted octanol–water partition coefficient (Wildman–Crippen LogP) is 6.21. The highest BCUT2D eigenvalue weighted by atomic mass is 35.5. The molecule has 1 aromatic heterocycles. The number of nitrogens with one attached hydrogen (secondary N) is 1. The van der Waals surface area contributed by atoms with Crippen LogP contribution in [0.25, 0.3) is 0 Å². The Bertz CT molecular complexity index is 1030. The molecule has 0 spiro atoms. The van der Waals surface area contributed by atoms with Crippen molar-refractivity contribution >= 4 is 58.2 Å². The molecule has 152 valence electrons. The number of thioether (sulfide) groups is 1. The van der Waals surface area contributed by atoms with Crippen LogP contribution < -0.4 is 10.1 Å². The Morgan fingerprint density at radius 2 is 1.90 bits per heavy atom. The third-order valence-electron chi connectivity index (χ3n) is 3.77. The number of ether oxygens (including phenoxy) is 1. The van der Waals surface area contributed by atoms with Crippen molar-refractivity contribution in [3.05, 3.63) is 62.9 Å². The van der Waals surface area contributed by atoms with E-state index in [1.807, 2.05) is 13.0 Å². The Hall–Kier alpha value is -1.93. The quantitative estimate of drug-likeness (QED) is 0.412. The van der Waals surface area contributed by atoms with Crippen LogP contribution in [0.2, 0.25) is 15.1 Å². The standard InChI is InChI=1S/C19H16Cl3N3O3S/c1-10-3-4-13(21)8-15(10)23-17(26)9-29-19-25-24-18(28-19)11(2)27-16-6-5-12(20)7-14(16)22/h3-8,11H,9H2,1-2H3,(H,23,26)/t11-/m1/s1. The zero-order valence-electron chi connectivity index (χ0n) is 15.4. The van der Waals surface area contributed by atoms with Gasteiger partial charge in [0.05, 0.1) is 10.8 Å². The maximum absolute atomic E-state index is 12.2. The highest BCUT2D eigenvalue weighted by Gasteiger charge is 2.18. The molecule has 0 saturated carbocycles. The van der Waals surface area contributed by atoms with E-state index in [1.54, 1.807) is 37.3 Å². The fourth-order valence-electron chi connectivity index (χ4n) is 2.30. The number of hydrogen-bond acceptors (Lipinski definition) is 6. The van der Waals surface area contributed by atoms with Gasteiger partial charge in [-0.25, -0.2) is 0 Å². The molecule has 3 aromatic rings. The van der Waals surface area contributed by atoms with Gasteiger partial charge in [-0.05, 0) is 49.7 Å². The minimum Gasteiger partial charge on any atom is -0.479 e. The lowest BCUT2D eigenvalue weighted by Crippen LogP contribution is -2.14. The van der Waals surface area contributed by atoms with Crippen LogP contribution in [0.1, 0.15) is 24.5 Å². The first kappa shape index (κ1) is 21.8. The van der Waals surface area contributed by atoms with Crippen LogP contribution in [0.15, 0.2) is 46.0 Å². The van der Waals surface area contributed by atoms with Crippen molar-refractivity contribution in [1.29, 1.82) is 0 Å². The molecule has 1 amide bonds. The van der Waals surface area contributed by atoms with Crippen LogP contribution in [0.5, 0.6) is 5.75 Å². The molecule has 0 radical (unpaired) electrons. The summed E-state index contributed by atoms with van der Waals surface area (Å²) in [6.07, 6.45) is -0.529. The maximum Gasteiger partial charge on any atom is 0.277 e. The van der Waals surface area contributed by atoms with Crippen LogP contribution >= 0.6 is 46.6 Å². The van der Waals surface area contributed by atoms with Gasteiger partial charge >= 0.3 is 0 Å². The number of halogens is 3. The molecule has 0 aliphatic heterocycles. The summed E-state index contributed by atoms with van der Waals surface area (Å²) in [7, 11) is 0. The summed E-state index contributed by atoms with van der Waals surface area (Å²) in [5.41, 5.74) is 1.58. The molecule has 0 aliphatic carbocycles. The van der Waals surface area contributed by atoms with Gasteiger partial charge in [0.1, 0.15) is 5.75 Å². The van der Waals surface area contributed by atoms with Crippen molar-refractivity contribution in [2.24, 2.45) is 0 Å². The average molecular weight is 473 g/mol. The molecular weight excluding hydrogens is 457 g/mol. The number of hydrogen-bond donors (Lipinski definition) is 1. The molecule has 3 rings (SSSR count). The van der Waals surface area contributed by atoms with E-state index in [0.717, 1.165) is 17.3 Å². The molecule has 1 heterocycles. The van der Waals surface area contributed by atoms with E-state index in [1.165, 1.54) is 0 Å². The lowest BCUT2D eigenvalue weighted by molar-refractivity contribution is -0.113. The fourth-order valence-corrected chi connectivity index (χ4v) is 3.49. The van der Waals surface area contributed by atoms with Gasteiger partial charge in [0.25, 0.3) is 11.1 Å². The van der Waals surface area contributed by atoms with Crippen molar-refractivity contribution in [1.82, 2.24) is 10.2 Å². The average Bonchev–Trinajstić information content (AvgIpc) is 3.14. The smallest absolute Gasteiger partial charge is 0.277 e. The number of rotatable bonds is 7. The number of benzene rings is 2. The number of aromatic nitrogens is 2. The summed E-state index contributed by atoms with van der Waals surface area (Å²) in [6, 6.07) is 10.2. The first-order chi connectivity index (χ1) is 13.8. The summed E-state index contributed by atoms with van der Waals surface area (Å²) in [5.74, 6) is 0.612. The molecule has 2 aromatic carbocycles. The molecule has 1 N–H and O–H groups in total. The first-order valence-corrected chi connectivity index (χ1v) is 10.6. The fraction of sp³-hybridized carbons (Fsp3) is 0.211. The van der Waals surface area contributed by atoms with Crippen LogP contribution in [-0.2, 0) is 4.79 Å². The Morgan fingerprint density at radius 1 is 1.17 bits per heavy atom. The monoisotopic (exact) mass is 471 g/mol. The van der Waals surface area contributed by atoms with Crippen LogP contribution in [-0.4, -0.2) is 21.9 Å². The Labute approximate surface area is 186 Å². The molecule has 0 bridgehead atoms. The van der Waals surface area contributed by atoms with E-state index < -0.39 is 6.10 Å². The highest BCUT2D eigenvalue weighted by molar-refractivity contribution is 7.99. The van der Waals surface area contributed by atoms with Crippen molar-refractivity contribution in [3.8, 4) is 5.75 Å². The maximum atomic E-state index is 12.2. The summed E-state index contributed by atoms with van der Waals surface area (Å²) in [5, 5.41) is 12.4. The zero-order chi connectivity index (χ0) is 21.0. The second-order valence-electron chi connectivity index (χ2n) is 6.04. The predicted molar refractivity (Wildman–Crippen MR) is 115 cm³/mol. The van der Waals surface area contributed by atoms with Crippen molar-refractivity contribution in [2.75, 3.05) is 11.1 Å². The van der Waals surface area contributed by atoms with E-state index >= 15 is 0 Å². The third kappa shape index (κ3) is 6.02. The minimum atomic E-state index is -0.529. The van der Waals surface area contributed by atoms with Crippen LogP contribution in [0.3, 0.4) is 0 Å². The van der Waals surface area contributed by atoms with E-state index in [-0.39, 0.29) is 22.8 Å². The zero-order valence-corrected chi connectivity index (χ0v) is 18.5. The molecule has 0 saturated heterocycles. The summed E-state index contributed by atoms with van der Waals surface area (Å²) < 4.78 is 11.3. The van der Waals surface area contributed by atoms with Gasteiger partial charge in [0.2, 0.25) is 5.91 Å². The number of carbonyl (C=O) groups is 1. The van der Waals surface area contributed by atoms with Crippen molar-refractivity contribution < 1.29 is 13.9 Å². The second-order valence-corrected chi connectivity index (χ2v) is 8.24.